The van der Waals surface area contributed by atoms with Crippen molar-refractivity contribution >= 4 is 18.0 Å². The molecule has 0 spiro atoms. The number of carbonyl (C=O) groups is 2. The molecule has 0 bridgehead atoms. The van der Waals surface area contributed by atoms with Gasteiger partial charge in [-0.15, -0.1) is 0 Å². The molecule has 0 amide bonds. The topological polar surface area (TPSA) is 61.8 Å². The summed E-state index contributed by atoms with van der Waals surface area (Å²) in [5, 5.41) is 0. The van der Waals surface area contributed by atoms with Crippen LogP contribution in [-0.2, 0) is 32.3 Å². The van der Waals surface area contributed by atoms with Crippen LogP contribution in [0.1, 0.15) is 43.9 Å². The third-order valence-electron chi connectivity index (χ3n) is 4.74. The molecular weight excluding hydrogens is 368 g/mol. The first-order valence-corrected chi connectivity index (χ1v) is 9.58. The maximum atomic E-state index is 12.0. The lowest BCUT2D eigenvalue weighted by Gasteiger charge is -2.20. The molecule has 2 aromatic carbocycles. The van der Waals surface area contributed by atoms with E-state index in [0.717, 1.165) is 28.9 Å². The lowest BCUT2D eigenvalue weighted by atomic mass is 9.91. The normalized spacial score (nSPS) is 11.3. The molecule has 0 N–H and O–H groups in total. The van der Waals surface area contributed by atoms with Gasteiger partial charge in [0, 0.05) is 6.08 Å². The van der Waals surface area contributed by atoms with Crippen LogP contribution in [0.25, 0.3) is 6.08 Å². The van der Waals surface area contributed by atoms with Gasteiger partial charge in [-0.3, -0.25) is 4.79 Å². The predicted molar refractivity (Wildman–Crippen MR) is 112 cm³/mol. The predicted octanol–water partition coefficient (Wildman–Crippen LogP) is 4.93. The Balaban J connectivity index is 1.79. The third kappa shape index (κ3) is 7.11. The van der Waals surface area contributed by atoms with E-state index in [1.54, 1.807) is 13.2 Å². The number of methoxy groups -OCH3 is 1. The first-order chi connectivity index (χ1) is 13.8. The molecule has 0 aliphatic carbocycles. The van der Waals surface area contributed by atoms with Crippen molar-refractivity contribution in [3.8, 4) is 5.75 Å². The molecule has 0 saturated carbocycles. The summed E-state index contributed by atoms with van der Waals surface area (Å²) in [7, 11) is 1.61. The summed E-state index contributed by atoms with van der Waals surface area (Å²) in [6, 6.07) is 14.8. The zero-order chi connectivity index (χ0) is 21.3. The van der Waals surface area contributed by atoms with Gasteiger partial charge in [-0.05, 0) is 55.2 Å². The van der Waals surface area contributed by atoms with Crippen molar-refractivity contribution in [3.63, 3.8) is 0 Å². The number of hydrogen-bond acceptors (Lipinski definition) is 5. The second kappa shape index (κ2) is 10.5. The summed E-state index contributed by atoms with van der Waals surface area (Å²) in [4.78, 5) is 23.9. The van der Waals surface area contributed by atoms with Crippen LogP contribution in [0, 0.1) is 5.41 Å². The van der Waals surface area contributed by atoms with E-state index < -0.39 is 11.4 Å². The Bertz CT molecular complexity index is 833. The van der Waals surface area contributed by atoms with Gasteiger partial charge in [0.25, 0.3) is 0 Å². The van der Waals surface area contributed by atoms with E-state index in [1.165, 1.54) is 6.08 Å². The molecule has 2 aromatic rings. The van der Waals surface area contributed by atoms with Crippen LogP contribution < -0.4 is 4.74 Å². The molecule has 0 aliphatic rings. The largest absolute Gasteiger partial charge is 0.497 e. The molecule has 5 heteroatoms. The van der Waals surface area contributed by atoms with Gasteiger partial charge in [-0.25, -0.2) is 4.79 Å². The molecule has 0 aromatic heterocycles. The Morgan fingerprint density at radius 2 is 1.45 bits per heavy atom. The van der Waals surface area contributed by atoms with Gasteiger partial charge >= 0.3 is 11.9 Å². The van der Waals surface area contributed by atoms with Crippen molar-refractivity contribution in [1.82, 2.24) is 0 Å². The van der Waals surface area contributed by atoms with Gasteiger partial charge < -0.3 is 14.2 Å². The maximum absolute atomic E-state index is 12.0. The average Bonchev–Trinajstić information content (AvgIpc) is 2.75. The number of rotatable bonds is 9. The summed E-state index contributed by atoms with van der Waals surface area (Å²) in [6.07, 6.45) is 3.81. The highest BCUT2D eigenvalue weighted by atomic mass is 16.5. The quantitative estimate of drug-likeness (QED) is 0.444. The molecular formula is C24H28O5. The molecule has 0 radical (unpaired) electrons. The summed E-state index contributed by atoms with van der Waals surface area (Å²) >= 11 is 0. The fourth-order valence-electron chi connectivity index (χ4n) is 2.30. The fraction of sp³-hybridized carbons (Fsp3) is 0.333. The molecule has 0 aliphatic heterocycles. The van der Waals surface area contributed by atoms with Crippen molar-refractivity contribution in [1.29, 1.82) is 0 Å². The minimum atomic E-state index is -0.479. The average molecular weight is 396 g/mol. The minimum Gasteiger partial charge on any atom is -0.497 e. The van der Waals surface area contributed by atoms with Gasteiger partial charge in [-0.2, -0.15) is 0 Å². The summed E-state index contributed by atoms with van der Waals surface area (Å²) in [5.41, 5.74) is 2.15. The van der Waals surface area contributed by atoms with Crippen LogP contribution >= 0.6 is 0 Å². The fourth-order valence-corrected chi connectivity index (χ4v) is 2.30. The zero-order valence-electron chi connectivity index (χ0n) is 17.4. The van der Waals surface area contributed by atoms with Crippen molar-refractivity contribution in [2.24, 2.45) is 5.41 Å². The number of ether oxygens (including phenoxy) is 3. The van der Waals surface area contributed by atoms with E-state index in [2.05, 4.69) is 0 Å². The Labute approximate surface area is 172 Å². The summed E-state index contributed by atoms with van der Waals surface area (Å²) in [6.45, 7) is 6.11. The van der Waals surface area contributed by atoms with E-state index in [-0.39, 0.29) is 19.2 Å². The van der Waals surface area contributed by atoms with Crippen molar-refractivity contribution in [3.05, 3.63) is 71.3 Å². The van der Waals surface area contributed by atoms with Crippen LogP contribution in [0.5, 0.6) is 5.75 Å². The monoisotopic (exact) mass is 396 g/mol. The standard InChI is InChI=1S/C24H28O5/c1-5-24(2,3)23(26)29-17-20-8-6-19(7-9-20)16-28-22(25)15-12-18-10-13-21(27-4)14-11-18/h6-15H,5,16-17H2,1-4H3/b15-12+. The van der Waals surface area contributed by atoms with Crippen LogP contribution in [-0.4, -0.2) is 19.0 Å². The lowest BCUT2D eigenvalue weighted by Crippen LogP contribution is -2.25. The summed E-state index contributed by atoms with van der Waals surface area (Å²) < 4.78 is 15.7. The van der Waals surface area contributed by atoms with Crippen molar-refractivity contribution in [2.45, 2.75) is 40.4 Å². The van der Waals surface area contributed by atoms with E-state index in [9.17, 15) is 9.59 Å². The van der Waals surface area contributed by atoms with Gasteiger partial charge in [0.05, 0.1) is 12.5 Å². The van der Waals surface area contributed by atoms with E-state index in [1.807, 2.05) is 69.3 Å². The molecule has 5 nitrogen and oxygen atoms in total. The van der Waals surface area contributed by atoms with Crippen LogP contribution in [0.2, 0.25) is 0 Å². The molecule has 0 heterocycles. The first-order valence-electron chi connectivity index (χ1n) is 9.58. The Kier molecular flexibility index (Phi) is 8.01. The smallest absolute Gasteiger partial charge is 0.331 e. The third-order valence-corrected chi connectivity index (χ3v) is 4.74. The number of carbonyl (C=O) groups excluding carboxylic acids is 2. The van der Waals surface area contributed by atoms with Crippen LogP contribution in [0.4, 0.5) is 0 Å². The maximum Gasteiger partial charge on any atom is 0.331 e. The Hall–Kier alpha value is -3.08. The molecule has 2 rings (SSSR count). The molecule has 154 valence electrons. The summed E-state index contributed by atoms with van der Waals surface area (Å²) in [5.74, 6) is 0.138. The molecule has 0 atom stereocenters. The van der Waals surface area contributed by atoms with Crippen molar-refractivity contribution in [2.75, 3.05) is 7.11 Å². The van der Waals surface area contributed by atoms with Crippen molar-refractivity contribution < 1.29 is 23.8 Å². The van der Waals surface area contributed by atoms with Crippen LogP contribution in [0.15, 0.2) is 54.6 Å². The highest BCUT2D eigenvalue weighted by molar-refractivity contribution is 5.87. The van der Waals surface area contributed by atoms with Gasteiger partial charge in [0.15, 0.2) is 0 Å². The SMILES string of the molecule is CCC(C)(C)C(=O)OCc1ccc(COC(=O)/C=C/c2ccc(OC)cc2)cc1. The van der Waals surface area contributed by atoms with E-state index >= 15 is 0 Å². The number of hydrogen-bond donors (Lipinski definition) is 0. The van der Waals surface area contributed by atoms with Gasteiger partial charge in [-0.1, -0.05) is 43.3 Å². The van der Waals surface area contributed by atoms with Crippen LogP contribution in [0.3, 0.4) is 0 Å². The molecule has 0 fully saturated rings. The number of benzene rings is 2. The van der Waals surface area contributed by atoms with Gasteiger partial charge in [0.1, 0.15) is 19.0 Å². The number of esters is 2. The Morgan fingerprint density at radius 1 is 0.897 bits per heavy atom. The molecule has 0 saturated heterocycles. The molecule has 0 unspecified atom stereocenters. The Morgan fingerprint density at radius 3 is 1.97 bits per heavy atom. The van der Waals surface area contributed by atoms with Gasteiger partial charge in [0.2, 0.25) is 0 Å². The zero-order valence-corrected chi connectivity index (χ0v) is 17.4. The highest BCUT2D eigenvalue weighted by Crippen LogP contribution is 2.22. The lowest BCUT2D eigenvalue weighted by molar-refractivity contribution is -0.155. The second-order valence-corrected chi connectivity index (χ2v) is 7.34. The highest BCUT2D eigenvalue weighted by Gasteiger charge is 2.26. The minimum absolute atomic E-state index is 0.175. The van der Waals surface area contributed by atoms with E-state index in [4.69, 9.17) is 14.2 Å². The molecule has 29 heavy (non-hydrogen) atoms. The second-order valence-electron chi connectivity index (χ2n) is 7.34. The van der Waals surface area contributed by atoms with E-state index in [0.29, 0.717) is 0 Å². The first kappa shape index (κ1) is 22.2.